The van der Waals surface area contributed by atoms with Crippen LogP contribution in [0, 0.1) is 5.41 Å². The van der Waals surface area contributed by atoms with Crippen LogP contribution in [0.3, 0.4) is 0 Å². The molecule has 0 saturated carbocycles. The number of carbonyl (C=O) groups is 2. The van der Waals surface area contributed by atoms with E-state index in [0.29, 0.717) is 17.2 Å². The zero-order chi connectivity index (χ0) is 16.0. The van der Waals surface area contributed by atoms with E-state index in [2.05, 4.69) is 5.32 Å². The van der Waals surface area contributed by atoms with Crippen LogP contribution >= 0.6 is 11.6 Å². The molecule has 2 atom stereocenters. The number of aliphatic carboxylic acids is 1. The summed E-state index contributed by atoms with van der Waals surface area (Å²) in [6.45, 7) is 5.04. The number of benzene rings is 1. The molecule has 116 valence electrons. The summed E-state index contributed by atoms with van der Waals surface area (Å²) in [6, 6.07) is 6.67. The molecule has 0 saturated heterocycles. The van der Waals surface area contributed by atoms with Gasteiger partial charge in [-0.1, -0.05) is 18.5 Å². The molecule has 0 aliphatic heterocycles. The molecule has 1 rings (SSSR count). The molecule has 2 unspecified atom stereocenters. The van der Waals surface area contributed by atoms with E-state index in [1.807, 2.05) is 0 Å². The first-order chi connectivity index (χ1) is 9.78. The minimum atomic E-state index is -0.977. The van der Waals surface area contributed by atoms with Crippen molar-refractivity contribution in [3.05, 3.63) is 29.3 Å². The quantitative estimate of drug-likeness (QED) is 0.811. The number of ether oxygens (including phenoxy) is 1. The Bertz CT molecular complexity index is 503. The maximum atomic E-state index is 11.9. The number of hydrogen-bond acceptors (Lipinski definition) is 3. The fourth-order valence-corrected chi connectivity index (χ4v) is 1.67. The molecule has 0 radical (unpaired) electrons. The summed E-state index contributed by atoms with van der Waals surface area (Å²) < 4.78 is 5.47. The molecule has 0 aliphatic rings. The molecule has 0 aromatic heterocycles. The summed E-state index contributed by atoms with van der Waals surface area (Å²) in [4.78, 5) is 23.1. The van der Waals surface area contributed by atoms with Crippen molar-refractivity contribution in [2.45, 2.75) is 33.3 Å². The molecule has 5 nitrogen and oxygen atoms in total. The van der Waals surface area contributed by atoms with Crippen molar-refractivity contribution in [3.8, 4) is 5.75 Å². The average Bonchev–Trinajstić information content (AvgIpc) is 2.46. The molecule has 0 aliphatic carbocycles. The maximum Gasteiger partial charge on any atom is 0.311 e. The van der Waals surface area contributed by atoms with E-state index in [4.69, 9.17) is 21.4 Å². The molecule has 1 aromatic rings. The molecule has 21 heavy (non-hydrogen) atoms. The Morgan fingerprint density at radius 1 is 1.38 bits per heavy atom. The summed E-state index contributed by atoms with van der Waals surface area (Å²) in [5, 5.41) is 12.3. The zero-order valence-corrected chi connectivity index (χ0v) is 13.1. The van der Waals surface area contributed by atoms with Gasteiger partial charge in [-0.2, -0.15) is 0 Å². The predicted molar refractivity (Wildman–Crippen MR) is 80.6 cm³/mol. The molecule has 6 heteroatoms. The van der Waals surface area contributed by atoms with E-state index >= 15 is 0 Å². The van der Waals surface area contributed by atoms with Gasteiger partial charge >= 0.3 is 5.97 Å². The highest BCUT2D eigenvalue weighted by molar-refractivity contribution is 6.30. The minimum Gasteiger partial charge on any atom is -0.481 e. The van der Waals surface area contributed by atoms with Crippen LogP contribution in [0.2, 0.25) is 5.02 Å². The molecular formula is C15H20ClNO4. The van der Waals surface area contributed by atoms with Crippen LogP contribution in [0.5, 0.6) is 5.75 Å². The third-order valence-electron chi connectivity index (χ3n) is 3.45. The van der Waals surface area contributed by atoms with E-state index in [1.54, 1.807) is 45.0 Å². The van der Waals surface area contributed by atoms with Crippen molar-refractivity contribution in [2.24, 2.45) is 5.41 Å². The molecule has 0 bridgehead atoms. The molecule has 2 N–H and O–H groups in total. The third-order valence-corrected chi connectivity index (χ3v) is 3.70. The molecule has 0 heterocycles. The predicted octanol–water partition coefficient (Wildman–Crippen LogP) is 2.72. The van der Waals surface area contributed by atoms with Crippen molar-refractivity contribution in [2.75, 3.05) is 6.54 Å². The highest BCUT2D eigenvalue weighted by Gasteiger charge is 2.32. The lowest BCUT2D eigenvalue weighted by molar-refractivity contribution is -0.148. The van der Waals surface area contributed by atoms with Crippen LogP contribution in [0.25, 0.3) is 0 Å². The second-order valence-corrected chi connectivity index (χ2v) is 5.59. The van der Waals surface area contributed by atoms with Crippen LogP contribution in [-0.2, 0) is 9.59 Å². The summed E-state index contributed by atoms with van der Waals surface area (Å²) >= 11 is 5.77. The van der Waals surface area contributed by atoms with Gasteiger partial charge in [0, 0.05) is 11.6 Å². The van der Waals surface area contributed by atoms with Gasteiger partial charge in [0.1, 0.15) is 5.75 Å². The number of halogens is 1. The van der Waals surface area contributed by atoms with Crippen LogP contribution in [0.1, 0.15) is 27.2 Å². The van der Waals surface area contributed by atoms with Crippen LogP contribution in [-0.4, -0.2) is 29.6 Å². The van der Waals surface area contributed by atoms with Gasteiger partial charge in [0.25, 0.3) is 5.91 Å². The molecule has 0 spiro atoms. The highest BCUT2D eigenvalue weighted by atomic mass is 35.5. The Morgan fingerprint density at radius 3 is 2.43 bits per heavy atom. The van der Waals surface area contributed by atoms with Crippen LogP contribution in [0.4, 0.5) is 0 Å². The summed E-state index contributed by atoms with van der Waals surface area (Å²) in [5.41, 5.74) is -0.977. The molecule has 1 aromatic carbocycles. The number of rotatable bonds is 7. The topological polar surface area (TPSA) is 75.6 Å². The zero-order valence-electron chi connectivity index (χ0n) is 12.4. The van der Waals surface area contributed by atoms with E-state index in [9.17, 15) is 9.59 Å². The Morgan fingerprint density at radius 2 is 1.95 bits per heavy atom. The Kier molecular flexibility index (Phi) is 6.03. The summed E-state index contributed by atoms with van der Waals surface area (Å²) in [5.74, 6) is -0.763. The van der Waals surface area contributed by atoms with Crippen molar-refractivity contribution < 1.29 is 19.4 Å². The number of carbonyl (C=O) groups excluding carboxylic acids is 1. The molecular weight excluding hydrogens is 294 g/mol. The van der Waals surface area contributed by atoms with Gasteiger partial charge < -0.3 is 15.2 Å². The van der Waals surface area contributed by atoms with Gasteiger partial charge in [-0.05, 0) is 44.5 Å². The first-order valence-electron chi connectivity index (χ1n) is 6.72. The Hall–Kier alpha value is -1.75. The number of hydrogen-bond donors (Lipinski definition) is 2. The summed E-state index contributed by atoms with van der Waals surface area (Å²) in [6.07, 6.45) is -0.296. The lowest BCUT2D eigenvalue weighted by atomic mass is 9.87. The highest BCUT2D eigenvalue weighted by Crippen LogP contribution is 2.20. The SMILES string of the molecule is CCC(C)(CNC(=O)C(C)Oc1ccc(Cl)cc1)C(=O)O. The number of nitrogens with one attached hydrogen (secondary N) is 1. The van der Waals surface area contributed by atoms with Crippen molar-refractivity contribution in [1.29, 1.82) is 0 Å². The fourth-order valence-electron chi connectivity index (χ4n) is 1.55. The van der Waals surface area contributed by atoms with Crippen molar-refractivity contribution in [1.82, 2.24) is 5.32 Å². The number of carboxylic acids is 1. The minimum absolute atomic E-state index is 0.0615. The Balaban J connectivity index is 2.55. The monoisotopic (exact) mass is 313 g/mol. The van der Waals surface area contributed by atoms with E-state index < -0.39 is 17.5 Å². The lowest BCUT2D eigenvalue weighted by Gasteiger charge is -2.24. The maximum absolute atomic E-state index is 11.9. The largest absolute Gasteiger partial charge is 0.481 e. The number of carboxylic acid groups (broad SMARTS) is 1. The van der Waals surface area contributed by atoms with Crippen molar-refractivity contribution >= 4 is 23.5 Å². The first kappa shape index (κ1) is 17.3. The normalized spacial score (nSPS) is 14.9. The standard InChI is InChI=1S/C15H20ClNO4/c1-4-15(3,14(19)20)9-17-13(18)10(2)21-12-7-5-11(16)6-8-12/h5-8,10H,4,9H2,1-3H3,(H,17,18)(H,19,20). The van der Waals surface area contributed by atoms with Gasteiger partial charge in [0.15, 0.2) is 6.10 Å². The van der Waals surface area contributed by atoms with Crippen molar-refractivity contribution in [3.63, 3.8) is 0 Å². The smallest absolute Gasteiger partial charge is 0.311 e. The lowest BCUT2D eigenvalue weighted by Crippen LogP contribution is -2.44. The van der Waals surface area contributed by atoms with E-state index in [1.165, 1.54) is 0 Å². The van der Waals surface area contributed by atoms with Gasteiger partial charge in [0.05, 0.1) is 5.41 Å². The number of amides is 1. The van der Waals surface area contributed by atoms with Gasteiger partial charge in [-0.25, -0.2) is 0 Å². The summed E-state index contributed by atoms with van der Waals surface area (Å²) in [7, 11) is 0. The van der Waals surface area contributed by atoms with Crippen LogP contribution in [0.15, 0.2) is 24.3 Å². The van der Waals surface area contributed by atoms with Gasteiger partial charge in [-0.15, -0.1) is 0 Å². The second-order valence-electron chi connectivity index (χ2n) is 5.15. The van der Waals surface area contributed by atoms with Gasteiger partial charge in [0.2, 0.25) is 0 Å². The Labute approximate surface area is 129 Å². The van der Waals surface area contributed by atoms with E-state index in [0.717, 1.165) is 0 Å². The molecule has 1 amide bonds. The fraction of sp³-hybridized carbons (Fsp3) is 0.467. The average molecular weight is 314 g/mol. The first-order valence-corrected chi connectivity index (χ1v) is 7.09. The third kappa shape index (κ3) is 4.93. The van der Waals surface area contributed by atoms with Crippen LogP contribution < -0.4 is 10.1 Å². The van der Waals surface area contributed by atoms with Gasteiger partial charge in [-0.3, -0.25) is 9.59 Å². The second kappa shape index (κ2) is 7.31. The molecule has 0 fully saturated rings. The van der Waals surface area contributed by atoms with E-state index in [-0.39, 0.29) is 12.5 Å².